The minimum absolute atomic E-state index is 0.295. The van der Waals surface area contributed by atoms with Gasteiger partial charge in [-0.05, 0) is 55.3 Å². The zero-order chi connectivity index (χ0) is 24.2. The highest BCUT2D eigenvalue weighted by Gasteiger charge is 2.15. The van der Waals surface area contributed by atoms with Crippen molar-refractivity contribution in [1.82, 2.24) is 4.90 Å². The lowest BCUT2D eigenvalue weighted by atomic mass is 10.2. The molecule has 178 valence electrons. The Morgan fingerprint density at radius 2 is 1.55 bits per heavy atom. The van der Waals surface area contributed by atoms with Gasteiger partial charge in [0.2, 0.25) is 0 Å². The van der Waals surface area contributed by atoms with E-state index in [0.29, 0.717) is 42.7 Å². The number of hydrogen-bond acceptors (Lipinski definition) is 7. The average molecular weight is 458 g/mol. The largest absolute Gasteiger partial charge is 0.493 e. The molecular formula is C25H31NO7. The average Bonchev–Trinajstić information content (AvgIpc) is 2.84. The van der Waals surface area contributed by atoms with Gasteiger partial charge in [-0.2, -0.15) is 0 Å². The lowest BCUT2D eigenvalue weighted by Crippen LogP contribution is -2.34. The summed E-state index contributed by atoms with van der Waals surface area (Å²) in [5, 5.41) is 0. The van der Waals surface area contributed by atoms with Crippen molar-refractivity contribution >= 4 is 18.0 Å². The molecule has 0 unspecified atom stereocenters. The summed E-state index contributed by atoms with van der Waals surface area (Å²) >= 11 is 0. The van der Waals surface area contributed by atoms with Crippen LogP contribution in [-0.2, 0) is 20.9 Å². The number of methoxy groups -OCH3 is 3. The van der Waals surface area contributed by atoms with E-state index < -0.39 is 5.97 Å². The van der Waals surface area contributed by atoms with Gasteiger partial charge >= 0.3 is 5.97 Å². The number of amides is 1. The van der Waals surface area contributed by atoms with Crippen LogP contribution in [0.1, 0.15) is 25.0 Å². The summed E-state index contributed by atoms with van der Waals surface area (Å²) in [7, 11) is 4.67. The monoisotopic (exact) mass is 457 g/mol. The molecule has 0 saturated carbocycles. The summed E-state index contributed by atoms with van der Waals surface area (Å²) in [5.41, 5.74) is 1.61. The van der Waals surface area contributed by atoms with Gasteiger partial charge in [-0.3, -0.25) is 4.79 Å². The molecule has 0 aromatic heterocycles. The van der Waals surface area contributed by atoms with Crippen LogP contribution in [0.15, 0.2) is 42.5 Å². The second-order valence-electron chi connectivity index (χ2n) is 6.88. The predicted molar refractivity (Wildman–Crippen MR) is 125 cm³/mol. The van der Waals surface area contributed by atoms with Crippen molar-refractivity contribution in [3.05, 3.63) is 53.6 Å². The quantitative estimate of drug-likeness (QED) is 0.355. The van der Waals surface area contributed by atoms with E-state index in [1.165, 1.54) is 6.08 Å². The highest BCUT2D eigenvalue weighted by atomic mass is 16.5. The number of hydrogen-bond donors (Lipinski definition) is 0. The lowest BCUT2D eigenvalue weighted by Gasteiger charge is -2.21. The van der Waals surface area contributed by atoms with Gasteiger partial charge in [-0.15, -0.1) is 0 Å². The van der Waals surface area contributed by atoms with Gasteiger partial charge in [0, 0.05) is 19.2 Å². The van der Waals surface area contributed by atoms with Crippen molar-refractivity contribution in [3.8, 4) is 23.0 Å². The van der Waals surface area contributed by atoms with Crippen LogP contribution in [0.4, 0.5) is 0 Å². The van der Waals surface area contributed by atoms with Crippen LogP contribution in [0.5, 0.6) is 23.0 Å². The number of benzene rings is 2. The lowest BCUT2D eigenvalue weighted by molar-refractivity contribution is -0.148. The molecule has 2 rings (SSSR count). The molecule has 1 amide bonds. The summed E-state index contributed by atoms with van der Waals surface area (Å²) in [6.07, 6.45) is 2.86. The molecule has 0 bridgehead atoms. The molecule has 0 radical (unpaired) electrons. The fourth-order valence-corrected chi connectivity index (χ4v) is 3.07. The highest BCUT2D eigenvalue weighted by Crippen LogP contribution is 2.29. The third-order valence-electron chi connectivity index (χ3n) is 4.79. The van der Waals surface area contributed by atoms with Crippen molar-refractivity contribution in [1.29, 1.82) is 0 Å². The number of carbonyl (C=O) groups is 2. The molecule has 0 atom stereocenters. The van der Waals surface area contributed by atoms with Crippen molar-refractivity contribution in [2.75, 3.05) is 41.1 Å². The third kappa shape index (κ3) is 7.45. The van der Waals surface area contributed by atoms with Crippen LogP contribution in [0.3, 0.4) is 0 Å². The van der Waals surface area contributed by atoms with E-state index in [1.54, 1.807) is 56.6 Å². The number of esters is 1. The summed E-state index contributed by atoms with van der Waals surface area (Å²) in [4.78, 5) is 26.3. The molecule has 8 nitrogen and oxygen atoms in total. The molecule has 2 aromatic rings. The van der Waals surface area contributed by atoms with Gasteiger partial charge < -0.3 is 28.6 Å². The summed E-state index contributed by atoms with van der Waals surface area (Å²) in [5.74, 6) is 1.48. The Labute approximate surface area is 194 Å². The summed E-state index contributed by atoms with van der Waals surface area (Å²) in [6.45, 7) is 4.74. The van der Waals surface area contributed by atoms with Crippen molar-refractivity contribution in [2.45, 2.75) is 20.4 Å². The molecular weight excluding hydrogens is 426 g/mol. The van der Waals surface area contributed by atoms with Gasteiger partial charge in [0.05, 0.1) is 27.9 Å². The van der Waals surface area contributed by atoms with Crippen molar-refractivity contribution in [3.63, 3.8) is 0 Å². The van der Waals surface area contributed by atoms with Gasteiger partial charge in [0.25, 0.3) is 5.91 Å². The smallest absolute Gasteiger partial charge is 0.331 e. The first-order valence-corrected chi connectivity index (χ1v) is 10.6. The molecule has 8 heteroatoms. The van der Waals surface area contributed by atoms with Crippen LogP contribution >= 0.6 is 0 Å². The predicted octanol–water partition coefficient (Wildman–Crippen LogP) is 3.72. The Hall–Kier alpha value is -3.68. The van der Waals surface area contributed by atoms with E-state index in [0.717, 1.165) is 11.1 Å². The highest BCUT2D eigenvalue weighted by molar-refractivity contribution is 5.89. The molecule has 2 aromatic carbocycles. The number of nitrogens with zero attached hydrogens (tertiary/aromatic N) is 1. The van der Waals surface area contributed by atoms with Gasteiger partial charge in [-0.1, -0.05) is 12.1 Å². The Morgan fingerprint density at radius 3 is 2.18 bits per heavy atom. The fourth-order valence-electron chi connectivity index (χ4n) is 3.07. The van der Waals surface area contributed by atoms with Gasteiger partial charge in [0.15, 0.2) is 29.6 Å². The fraction of sp³-hybridized carbons (Fsp3) is 0.360. The number of likely N-dealkylation sites (N-methyl/N-ethyl adjacent to an activating group) is 1. The minimum atomic E-state index is -0.613. The Kier molecular flexibility index (Phi) is 10.1. The van der Waals surface area contributed by atoms with E-state index >= 15 is 0 Å². The first-order chi connectivity index (χ1) is 15.9. The maximum Gasteiger partial charge on any atom is 0.331 e. The Bertz CT molecular complexity index is 971. The molecule has 0 fully saturated rings. The van der Waals surface area contributed by atoms with Crippen molar-refractivity contribution < 1.29 is 33.3 Å². The topological polar surface area (TPSA) is 83.5 Å². The normalized spacial score (nSPS) is 10.6. The molecule has 0 N–H and O–H groups in total. The van der Waals surface area contributed by atoms with E-state index in [-0.39, 0.29) is 12.5 Å². The zero-order valence-electron chi connectivity index (χ0n) is 19.8. The van der Waals surface area contributed by atoms with Gasteiger partial charge in [0.1, 0.15) is 0 Å². The van der Waals surface area contributed by atoms with Crippen LogP contribution in [0.25, 0.3) is 6.08 Å². The summed E-state index contributed by atoms with van der Waals surface area (Å²) in [6, 6.07) is 10.8. The maximum atomic E-state index is 12.6. The minimum Gasteiger partial charge on any atom is -0.493 e. The Morgan fingerprint density at radius 1 is 0.879 bits per heavy atom. The number of rotatable bonds is 12. The number of ether oxygens (including phenoxy) is 5. The Balaban J connectivity index is 1.93. The molecule has 0 aliphatic heterocycles. The van der Waals surface area contributed by atoms with Crippen LogP contribution in [0.2, 0.25) is 0 Å². The SMILES string of the molecule is CCOc1ccc(/C=C/C(=O)OCC(=O)N(CC)Cc2ccc(OC)c(OC)c2)cc1OC. The van der Waals surface area contributed by atoms with Crippen LogP contribution < -0.4 is 18.9 Å². The number of carbonyl (C=O) groups excluding carboxylic acids is 2. The second-order valence-corrected chi connectivity index (χ2v) is 6.88. The van der Waals surface area contributed by atoms with Crippen LogP contribution in [0, 0.1) is 0 Å². The van der Waals surface area contributed by atoms with E-state index in [2.05, 4.69) is 0 Å². The first-order valence-electron chi connectivity index (χ1n) is 10.6. The standard InChI is InChI=1S/C25H31NO7/c1-6-26(16-19-9-11-20(29-3)22(15-19)30-4)24(27)17-33-25(28)13-10-18-8-12-21(32-7-2)23(14-18)31-5/h8-15H,6-7,16-17H2,1-5H3/b13-10+. The van der Waals surface area contributed by atoms with Crippen molar-refractivity contribution in [2.24, 2.45) is 0 Å². The molecule has 0 saturated heterocycles. The molecule has 0 heterocycles. The molecule has 0 aliphatic rings. The van der Waals surface area contributed by atoms with E-state index in [4.69, 9.17) is 23.7 Å². The molecule has 33 heavy (non-hydrogen) atoms. The van der Waals surface area contributed by atoms with Gasteiger partial charge in [-0.25, -0.2) is 4.79 Å². The maximum absolute atomic E-state index is 12.6. The van der Waals surface area contributed by atoms with Crippen LogP contribution in [-0.4, -0.2) is 57.9 Å². The second kappa shape index (κ2) is 13.0. The van der Waals surface area contributed by atoms with E-state index in [1.807, 2.05) is 26.0 Å². The first kappa shape index (κ1) is 25.6. The van der Waals surface area contributed by atoms with E-state index in [9.17, 15) is 9.59 Å². The third-order valence-corrected chi connectivity index (χ3v) is 4.79. The zero-order valence-corrected chi connectivity index (χ0v) is 19.8. The summed E-state index contributed by atoms with van der Waals surface area (Å²) < 4.78 is 26.4. The molecule has 0 aliphatic carbocycles. The molecule has 0 spiro atoms.